The fourth-order valence-electron chi connectivity index (χ4n) is 3.18. The summed E-state index contributed by atoms with van der Waals surface area (Å²) >= 11 is 0. The summed E-state index contributed by atoms with van der Waals surface area (Å²) in [4.78, 5) is 36.4. The third-order valence-corrected chi connectivity index (χ3v) is 4.97. The molecule has 3 N–H and O–H groups in total. The van der Waals surface area contributed by atoms with E-state index >= 15 is 0 Å². The fourth-order valence-corrected chi connectivity index (χ4v) is 3.18. The van der Waals surface area contributed by atoms with E-state index in [1.807, 2.05) is 12.1 Å². The molecule has 150 valence electrons. The van der Waals surface area contributed by atoms with Crippen LogP contribution < -0.4 is 25.4 Å². The van der Waals surface area contributed by atoms with Crippen LogP contribution in [0, 0.1) is 5.41 Å². The van der Waals surface area contributed by atoms with Crippen LogP contribution in [-0.4, -0.2) is 24.5 Å². The van der Waals surface area contributed by atoms with Crippen LogP contribution in [0.1, 0.15) is 25.3 Å². The van der Waals surface area contributed by atoms with Gasteiger partial charge in [-0.25, -0.2) is 0 Å². The molecule has 0 saturated heterocycles. The molecular weight excluding hydrogens is 374 g/mol. The predicted octanol–water partition coefficient (Wildman–Crippen LogP) is 2.41. The molecule has 1 fully saturated rings. The van der Waals surface area contributed by atoms with Crippen LogP contribution >= 0.6 is 0 Å². The summed E-state index contributed by atoms with van der Waals surface area (Å²) in [5, 5.41) is 8.30. The summed E-state index contributed by atoms with van der Waals surface area (Å²) in [6, 6.07) is 12.2. The molecule has 0 bridgehead atoms. The average Bonchev–Trinajstić information content (AvgIpc) is 3.39. The Morgan fingerprint density at radius 1 is 0.897 bits per heavy atom. The van der Waals surface area contributed by atoms with Gasteiger partial charge in [-0.15, -0.1) is 0 Å². The van der Waals surface area contributed by atoms with Crippen LogP contribution in [0.4, 0.5) is 11.4 Å². The topological polar surface area (TPSA) is 106 Å². The number of amides is 3. The zero-order chi connectivity index (χ0) is 20.4. The van der Waals surface area contributed by atoms with Crippen molar-refractivity contribution in [2.45, 2.75) is 26.3 Å². The zero-order valence-corrected chi connectivity index (χ0v) is 15.9. The SMILES string of the molecule is CC(=O)Nc1ccc(NC(=O)C2(C(=O)NCc3ccc4c(c3)OCO4)CC2)cc1. The molecule has 1 heterocycles. The lowest BCUT2D eigenvalue weighted by Crippen LogP contribution is -2.39. The van der Waals surface area contributed by atoms with Crippen molar-refractivity contribution in [3.8, 4) is 11.5 Å². The molecule has 0 spiro atoms. The van der Waals surface area contributed by atoms with Crippen molar-refractivity contribution in [1.29, 1.82) is 0 Å². The molecule has 1 aliphatic carbocycles. The molecular formula is C21H21N3O5. The van der Waals surface area contributed by atoms with Crippen molar-refractivity contribution in [1.82, 2.24) is 5.32 Å². The van der Waals surface area contributed by atoms with E-state index in [4.69, 9.17) is 9.47 Å². The maximum absolute atomic E-state index is 12.7. The third-order valence-electron chi connectivity index (χ3n) is 4.97. The number of ether oxygens (including phenoxy) is 2. The maximum Gasteiger partial charge on any atom is 0.240 e. The molecule has 2 aromatic carbocycles. The Hall–Kier alpha value is -3.55. The van der Waals surface area contributed by atoms with Gasteiger partial charge < -0.3 is 25.4 Å². The predicted molar refractivity (Wildman–Crippen MR) is 105 cm³/mol. The summed E-state index contributed by atoms with van der Waals surface area (Å²) < 4.78 is 10.6. The average molecular weight is 395 g/mol. The van der Waals surface area contributed by atoms with Crippen molar-refractivity contribution in [2.24, 2.45) is 5.41 Å². The summed E-state index contributed by atoms with van der Waals surface area (Å²) in [6.07, 6.45) is 1.02. The molecule has 0 radical (unpaired) electrons. The van der Waals surface area contributed by atoms with Gasteiger partial charge in [-0.3, -0.25) is 14.4 Å². The molecule has 29 heavy (non-hydrogen) atoms. The lowest BCUT2D eigenvalue weighted by atomic mass is 10.0. The molecule has 0 aromatic heterocycles. The second-order valence-corrected chi connectivity index (χ2v) is 7.17. The van der Waals surface area contributed by atoms with Gasteiger partial charge in [0.05, 0.1) is 0 Å². The first-order valence-corrected chi connectivity index (χ1v) is 9.32. The van der Waals surface area contributed by atoms with Gasteiger partial charge in [-0.1, -0.05) is 6.07 Å². The normalized spacial score (nSPS) is 15.3. The van der Waals surface area contributed by atoms with E-state index in [-0.39, 0.29) is 24.5 Å². The molecule has 8 nitrogen and oxygen atoms in total. The van der Waals surface area contributed by atoms with Crippen LogP contribution in [0.3, 0.4) is 0 Å². The van der Waals surface area contributed by atoms with Gasteiger partial charge in [-0.05, 0) is 54.8 Å². The highest BCUT2D eigenvalue weighted by atomic mass is 16.7. The van der Waals surface area contributed by atoms with E-state index in [1.54, 1.807) is 30.3 Å². The lowest BCUT2D eigenvalue weighted by molar-refractivity contribution is -0.134. The molecule has 3 amide bonds. The van der Waals surface area contributed by atoms with Gasteiger partial charge in [0.25, 0.3) is 0 Å². The Morgan fingerprint density at radius 2 is 1.55 bits per heavy atom. The Morgan fingerprint density at radius 3 is 2.21 bits per heavy atom. The number of hydrogen-bond donors (Lipinski definition) is 3. The van der Waals surface area contributed by atoms with Crippen molar-refractivity contribution in [2.75, 3.05) is 17.4 Å². The van der Waals surface area contributed by atoms with Crippen molar-refractivity contribution in [3.05, 3.63) is 48.0 Å². The van der Waals surface area contributed by atoms with Crippen molar-refractivity contribution in [3.63, 3.8) is 0 Å². The van der Waals surface area contributed by atoms with E-state index < -0.39 is 5.41 Å². The van der Waals surface area contributed by atoms with E-state index in [9.17, 15) is 14.4 Å². The molecule has 2 aromatic rings. The number of hydrogen-bond acceptors (Lipinski definition) is 5. The molecule has 0 unspecified atom stereocenters. The number of fused-ring (bicyclic) bond motifs is 1. The number of carbonyl (C=O) groups excluding carboxylic acids is 3. The van der Waals surface area contributed by atoms with Crippen LogP contribution in [0.2, 0.25) is 0 Å². The fraction of sp³-hybridized carbons (Fsp3) is 0.286. The Labute approximate surface area is 167 Å². The number of benzene rings is 2. The minimum Gasteiger partial charge on any atom is -0.454 e. The zero-order valence-electron chi connectivity index (χ0n) is 15.9. The highest BCUT2D eigenvalue weighted by Crippen LogP contribution is 2.47. The van der Waals surface area contributed by atoms with Gasteiger partial charge >= 0.3 is 0 Å². The summed E-state index contributed by atoms with van der Waals surface area (Å²) in [5.74, 6) is 0.550. The van der Waals surface area contributed by atoms with E-state index in [2.05, 4.69) is 16.0 Å². The molecule has 0 atom stereocenters. The van der Waals surface area contributed by atoms with Crippen LogP contribution in [0.25, 0.3) is 0 Å². The van der Waals surface area contributed by atoms with E-state index in [0.29, 0.717) is 42.3 Å². The number of carbonyl (C=O) groups is 3. The first-order valence-electron chi connectivity index (χ1n) is 9.32. The highest BCUT2D eigenvalue weighted by molar-refractivity contribution is 6.13. The highest BCUT2D eigenvalue weighted by Gasteiger charge is 2.56. The van der Waals surface area contributed by atoms with Crippen molar-refractivity contribution < 1.29 is 23.9 Å². The molecule has 4 rings (SSSR count). The Kier molecular flexibility index (Phi) is 4.84. The first kappa shape index (κ1) is 18.8. The largest absolute Gasteiger partial charge is 0.454 e. The van der Waals surface area contributed by atoms with Gasteiger partial charge in [-0.2, -0.15) is 0 Å². The van der Waals surface area contributed by atoms with Gasteiger partial charge in [0, 0.05) is 24.8 Å². The van der Waals surface area contributed by atoms with Gasteiger partial charge in [0.2, 0.25) is 24.5 Å². The van der Waals surface area contributed by atoms with Gasteiger partial charge in [0.1, 0.15) is 5.41 Å². The quantitative estimate of drug-likeness (QED) is 0.652. The summed E-state index contributed by atoms with van der Waals surface area (Å²) in [7, 11) is 0. The Bertz CT molecular complexity index is 967. The smallest absolute Gasteiger partial charge is 0.240 e. The number of anilines is 2. The first-order chi connectivity index (χ1) is 14.0. The van der Waals surface area contributed by atoms with Gasteiger partial charge in [0.15, 0.2) is 11.5 Å². The second kappa shape index (κ2) is 7.46. The minimum absolute atomic E-state index is 0.169. The monoisotopic (exact) mass is 395 g/mol. The second-order valence-electron chi connectivity index (χ2n) is 7.17. The summed E-state index contributed by atoms with van der Waals surface area (Å²) in [5.41, 5.74) is 1.04. The number of nitrogens with one attached hydrogen (secondary N) is 3. The number of rotatable bonds is 6. The lowest BCUT2D eigenvalue weighted by Gasteiger charge is -2.16. The maximum atomic E-state index is 12.7. The van der Waals surface area contributed by atoms with Crippen LogP contribution in [0.15, 0.2) is 42.5 Å². The van der Waals surface area contributed by atoms with Crippen molar-refractivity contribution >= 4 is 29.1 Å². The molecule has 8 heteroatoms. The Balaban J connectivity index is 1.34. The standard InChI is InChI=1S/C21H21N3O5/c1-13(25)23-15-3-5-16(6-4-15)24-20(27)21(8-9-21)19(26)22-11-14-2-7-17-18(10-14)29-12-28-17/h2-7,10H,8-9,11-12H2,1H3,(H,22,26)(H,23,25)(H,24,27). The van der Waals surface area contributed by atoms with E-state index in [0.717, 1.165) is 5.56 Å². The molecule has 2 aliphatic rings. The molecule has 1 saturated carbocycles. The summed E-state index contributed by atoms with van der Waals surface area (Å²) in [6.45, 7) is 1.92. The van der Waals surface area contributed by atoms with Crippen LogP contribution in [-0.2, 0) is 20.9 Å². The van der Waals surface area contributed by atoms with Crippen LogP contribution in [0.5, 0.6) is 11.5 Å². The molecule has 1 aliphatic heterocycles. The third kappa shape index (κ3) is 4.01. The van der Waals surface area contributed by atoms with E-state index in [1.165, 1.54) is 6.92 Å². The minimum atomic E-state index is -1.04.